The van der Waals surface area contributed by atoms with Crippen LogP contribution in [-0.4, -0.2) is 29.1 Å². The lowest BCUT2D eigenvalue weighted by Gasteiger charge is -2.51. The van der Waals surface area contributed by atoms with Crippen molar-refractivity contribution in [1.82, 2.24) is 4.90 Å². The molecule has 0 radical (unpaired) electrons. The Labute approximate surface area is 122 Å². The first-order chi connectivity index (χ1) is 9.40. The van der Waals surface area contributed by atoms with Crippen molar-refractivity contribution in [3.63, 3.8) is 0 Å². The molecular weight excluding hydrogens is 246 g/mol. The van der Waals surface area contributed by atoms with E-state index in [2.05, 4.69) is 44.9 Å². The fourth-order valence-corrected chi connectivity index (χ4v) is 4.77. The van der Waals surface area contributed by atoms with Crippen LogP contribution >= 0.6 is 0 Å². The third kappa shape index (κ3) is 2.19. The summed E-state index contributed by atoms with van der Waals surface area (Å²) in [5.41, 5.74) is 4.39. The second kappa shape index (κ2) is 4.85. The van der Waals surface area contributed by atoms with Crippen LogP contribution in [0.3, 0.4) is 0 Å². The summed E-state index contributed by atoms with van der Waals surface area (Å²) in [4.78, 5) is 2.51. The van der Waals surface area contributed by atoms with E-state index >= 15 is 0 Å². The van der Waals surface area contributed by atoms with Gasteiger partial charge in [0.25, 0.3) is 0 Å². The van der Waals surface area contributed by atoms with Gasteiger partial charge in [0, 0.05) is 12.1 Å². The number of hydrogen-bond acceptors (Lipinski definition) is 2. The van der Waals surface area contributed by atoms with E-state index in [-0.39, 0.29) is 0 Å². The number of hydrogen-bond donors (Lipinski definition) is 1. The maximum absolute atomic E-state index is 11.4. The summed E-state index contributed by atoms with van der Waals surface area (Å²) in [7, 11) is 2.24. The molecular formula is C18H27NO. The van der Waals surface area contributed by atoms with E-state index in [1.165, 1.54) is 41.5 Å². The van der Waals surface area contributed by atoms with E-state index in [9.17, 15) is 5.11 Å². The van der Waals surface area contributed by atoms with Crippen molar-refractivity contribution in [1.29, 1.82) is 0 Å². The van der Waals surface area contributed by atoms with Crippen LogP contribution in [-0.2, 0) is 5.60 Å². The van der Waals surface area contributed by atoms with E-state index in [1.807, 2.05) is 0 Å². The first-order valence-corrected chi connectivity index (χ1v) is 7.93. The van der Waals surface area contributed by atoms with E-state index in [1.54, 1.807) is 0 Å². The quantitative estimate of drug-likeness (QED) is 0.847. The molecule has 1 aromatic carbocycles. The SMILES string of the molecule is Cc1cc(C)c(C2(O)CC3CCCC(C2)N3C)c(C)c1. The van der Waals surface area contributed by atoms with Crippen molar-refractivity contribution in [2.45, 2.75) is 70.6 Å². The number of benzene rings is 1. The van der Waals surface area contributed by atoms with Crippen molar-refractivity contribution in [2.75, 3.05) is 7.05 Å². The standard InChI is InChI=1S/C18H27NO/c1-12-8-13(2)17(14(3)9-12)18(20)10-15-6-5-7-16(11-18)19(15)4/h8-9,15-16,20H,5-7,10-11H2,1-4H3. The smallest absolute Gasteiger partial charge is 0.0931 e. The fraction of sp³-hybridized carbons (Fsp3) is 0.667. The molecule has 1 N–H and O–H groups in total. The molecule has 3 rings (SSSR count). The maximum atomic E-state index is 11.4. The molecule has 2 saturated heterocycles. The van der Waals surface area contributed by atoms with Crippen molar-refractivity contribution in [3.05, 3.63) is 34.4 Å². The minimum absolute atomic E-state index is 0.549. The molecule has 2 nitrogen and oxygen atoms in total. The Morgan fingerprint density at radius 2 is 1.55 bits per heavy atom. The molecule has 2 fully saturated rings. The number of fused-ring (bicyclic) bond motifs is 2. The molecule has 2 atom stereocenters. The van der Waals surface area contributed by atoms with Gasteiger partial charge in [0.15, 0.2) is 0 Å². The third-order valence-corrected chi connectivity index (χ3v) is 5.52. The van der Waals surface area contributed by atoms with Crippen LogP contribution < -0.4 is 0 Å². The second-order valence-corrected chi connectivity index (χ2v) is 7.12. The van der Waals surface area contributed by atoms with Gasteiger partial charge in [-0.3, -0.25) is 0 Å². The molecule has 20 heavy (non-hydrogen) atoms. The van der Waals surface area contributed by atoms with Crippen LogP contribution in [0.15, 0.2) is 12.1 Å². The Balaban J connectivity index is 2.01. The summed E-state index contributed by atoms with van der Waals surface area (Å²) in [5, 5.41) is 11.4. The molecule has 0 aliphatic carbocycles. The zero-order valence-electron chi connectivity index (χ0n) is 13.2. The van der Waals surface area contributed by atoms with Gasteiger partial charge in [-0.2, -0.15) is 0 Å². The Bertz CT molecular complexity index is 485. The lowest BCUT2D eigenvalue weighted by Crippen LogP contribution is -2.55. The van der Waals surface area contributed by atoms with Gasteiger partial charge in [-0.1, -0.05) is 24.1 Å². The highest BCUT2D eigenvalue weighted by Crippen LogP contribution is 2.45. The Morgan fingerprint density at radius 1 is 1.05 bits per heavy atom. The van der Waals surface area contributed by atoms with Gasteiger partial charge < -0.3 is 10.0 Å². The number of rotatable bonds is 1. The Morgan fingerprint density at radius 3 is 2.05 bits per heavy atom. The second-order valence-electron chi connectivity index (χ2n) is 7.12. The lowest BCUT2D eigenvalue weighted by atomic mass is 9.70. The number of aliphatic hydroxyl groups is 1. The van der Waals surface area contributed by atoms with Crippen molar-refractivity contribution in [3.8, 4) is 0 Å². The van der Waals surface area contributed by atoms with E-state index < -0.39 is 5.60 Å². The van der Waals surface area contributed by atoms with Crippen LogP contribution in [0.4, 0.5) is 0 Å². The van der Waals surface area contributed by atoms with Gasteiger partial charge in [0.2, 0.25) is 0 Å². The highest BCUT2D eigenvalue weighted by atomic mass is 16.3. The molecule has 2 heterocycles. The van der Waals surface area contributed by atoms with Gasteiger partial charge in [-0.05, 0) is 70.2 Å². The zero-order chi connectivity index (χ0) is 14.5. The average molecular weight is 273 g/mol. The molecule has 0 spiro atoms. The lowest BCUT2D eigenvalue weighted by molar-refractivity contribution is -0.0880. The zero-order valence-corrected chi connectivity index (χ0v) is 13.2. The molecule has 0 saturated carbocycles. The minimum Gasteiger partial charge on any atom is -0.385 e. The Hall–Kier alpha value is -0.860. The Kier molecular flexibility index (Phi) is 3.42. The molecule has 0 aromatic heterocycles. The summed E-state index contributed by atoms with van der Waals surface area (Å²) >= 11 is 0. The van der Waals surface area contributed by atoms with Crippen LogP contribution in [0.1, 0.15) is 54.4 Å². The number of nitrogens with zero attached hydrogens (tertiary/aromatic N) is 1. The summed E-state index contributed by atoms with van der Waals surface area (Å²) in [5.74, 6) is 0. The molecule has 2 heteroatoms. The largest absolute Gasteiger partial charge is 0.385 e. The number of piperidine rings is 2. The van der Waals surface area contributed by atoms with Gasteiger partial charge in [-0.15, -0.1) is 0 Å². The van der Waals surface area contributed by atoms with Gasteiger partial charge in [0.05, 0.1) is 5.60 Å². The third-order valence-electron chi connectivity index (χ3n) is 5.52. The van der Waals surface area contributed by atoms with Crippen LogP contribution in [0, 0.1) is 20.8 Å². The van der Waals surface area contributed by atoms with Crippen molar-refractivity contribution < 1.29 is 5.11 Å². The number of aryl methyl sites for hydroxylation is 3. The van der Waals surface area contributed by atoms with Crippen LogP contribution in [0.25, 0.3) is 0 Å². The van der Waals surface area contributed by atoms with E-state index in [4.69, 9.17) is 0 Å². The highest BCUT2D eigenvalue weighted by Gasteiger charge is 2.45. The first-order valence-electron chi connectivity index (χ1n) is 7.93. The first kappa shape index (κ1) is 14.1. The van der Waals surface area contributed by atoms with Crippen LogP contribution in [0.5, 0.6) is 0 Å². The van der Waals surface area contributed by atoms with Gasteiger partial charge in [-0.25, -0.2) is 0 Å². The predicted octanol–water partition coefficient (Wildman–Crippen LogP) is 3.45. The minimum atomic E-state index is -0.621. The van der Waals surface area contributed by atoms with Crippen molar-refractivity contribution >= 4 is 0 Å². The predicted molar refractivity (Wildman–Crippen MR) is 83.0 cm³/mol. The molecule has 2 unspecified atom stereocenters. The molecule has 0 amide bonds. The highest BCUT2D eigenvalue weighted by molar-refractivity contribution is 5.42. The average Bonchev–Trinajstić information content (AvgIpc) is 2.30. The van der Waals surface area contributed by atoms with Gasteiger partial charge >= 0.3 is 0 Å². The normalized spacial score (nSPS) is 34.2. The molecule has 110 valence electrons. The topological polar surface area (TPSA) is 23.5 Å². The summed E-state index contributed by atoms with van der Waals surface area (Å²) < 4.78 is 0. The van der Waals surface area contributed by atoms with Gasteiger partial charge in [0.1, 0.15) is 0 Å². The summed E-state index contributed by atoms with van der Waals surface area (Å²) in [6, 6.07) is 5.53. The van der Waals surface area contributed by atoms with E-state index in [0.29, 0.717) is 12.1 Å². The molecule has 2 aliphatic rings. The van der Waals surface area contributed by atoms with Crippen molar-refractivity contribution in [2.24, 2.45) is 0 Å². The molecule has 2 aliphatic heterocycles. The fourth-order valence-electron chi connectivity index (χ4n) is 4.77. The van der Waals surface area contributed by atoms with Crippen LogP contribution in [0.2, 0.25) is 0 Å². The maximum Gasteiger partial charge on any atom is 0.0931 e. The summed E-state index contributed by atoms with van der Waals surface area (Å²) in [6.45, 7) is 6.44. The monoisotopic (exact) mass is 273 g/mol. The molecule has 2 bridgehead atoms. The van der Waals surface area contributed by atoms with E-state index in [0.717, 1.165) is 12.8 Å². The molecule has 1 aromatic rings. The summed E-state index contributed by atoms with van der Waals surface area (Å²) in [6.07, 6.45) is 5.58.